The first-order valence-electron chi connectivity index (χ1n) is 10.6. The Morgan fingerprint density at radius 1 is 0.903 bits per heavy atom. The summed E-state index contributed by atoms with van der Waals surface area (Å²) in [4.78, 5) is 39.7. The van der Waals surface area contributed by atoms with E-state index in [0.29, 0.717) is 24.1 Å². The van der Waals surface area contributed by atoms with Crippen molar-refractivity contribution in [2.45, 2.75) is 25.7 Å². The second kappa shape index (κ2) is 10.6. The fraction of sp³-hybridized carbons (Fsp3) is 0.375. The third-order valence-corrected chi connectivity index (χ3v) is 5.34. The van der Waals surface area contributed by atoms with Crippen LogP contribution in [0.5, 0.6) is 0 Å². The molecule has 1 fully saturated rings. The largest absolute Gasteiger partial charge is 0.376 e. The maximum atomic E-state index is 12.4. The van der Waals surface area contributed by atoms with Gasteiger partial charge in [-0.2, -0.15) is 0 Å². The van der Waals surface area contributed by atoms with Crippen molar-refractivity contribution >= 4 is 29.1 Å². The standard InChI is InChI=1S/C24H30N4O3/c1-27(2)23(30)14-7-18-5-10-21(11-6-18)26-22(29)17-25-20-12-8-19(9-13-20)24(31)28-15-3-4-16-28/h5-6,8-13,25H,3-4,7,14-17H2,1-2H3,(H,26,29). The molecule has 2 aromatic rings. The van der Waals surface area contributed by atoms with Crippen molar-refractivity contribution in [2.75, 3.05) is 44.4 Å². The van der Waals surface area contributed by atoms with Gasteiger partial charge in [0.1, 0.15) is 0 Å². The van der Waals surface area contributed by atoms with E-state index < -0.39 is 0 Å². The summed E-state index contributed by atoms with van der Waals surface area (Å²) in [5, 5.41) is 5.93. The highest BCUT2D eigenvalue weighted by Crippen LogP contribution is 2.16. The number of rotatable bonds is 8. The summed E-state index contributed by atoms with van der Waals surface area (Å²) in [6.07, 6.45) is 3.27. The van der Waals surface area contributed by atoms with E-state index in [1.165, 1.54) is 0 Å². The van der Waals surface area contributed by atoms with E-state index in [9.17, 15) is 14.4 Å². The Kier molecular flexibility index (Phi) is 7.65. The highest BCUT2D eigenvalue weighted by atomic mass is 16.2. The molecule has 31 heavy (non-hydrogen) atoms. The lowest BCUT2D eigenvalue weighted by atomic mass is 10.1. The number of benzene rings is 2. The van der Waals surface area contributed by atoms with Crippen LogP contribution in [0.2, 0.25) is 0 Å². The predicted octanol–water partition coefficient (Wildman–Crippen LogP) is 2.99. The molecule has 2 aromatic carbocycles. The van der Waals surface area contributed by atoms with Crippen LogP contribution in [0, 0.1) is 0 Å². The molecular formula is C24H30N4O3. The summed E-state index contributed by atoms with van der Waals surface area (Å²) in [6.45, 7) is 1.78. The van der Waals surface area contributed by atoms with Crippen LogP contribution in [0.4, 0.5) is 11.4 Å². The van der Waals surface area contributed by atoms with Crippen LogP contribution in [-0.4, -0.2) is 61.3 Å². The van der Waals surface area contributed by atoms with Gasteiger partial charge < -0.3 is 20.4 Å². The minimum Gasteiger partial charge on any atom is -0.376 e. The molecule has 1 saturated heterocycles. The maximum Gasteiger partial charge on any atom is 0.253 e. The monoisotopic (exact) mass is 422 g/mol. The van der Waals surface area contributed by atoms with Crippen LogP contribution in [0.1, 0.15) is 35.2 Å². The number of nitrogens with one attached hydrogen (secondary N) is 2. The Hall–Kier alpha value is -3.35. The topological polar surface area (TPSA) is 81.8 Å². The molecule has 0 aliphatic carbocycles. The van der Waals surface area contributed by atoms with Crippen LogP contribution in [0.15, 0.2) is 48.5 Å². The molecule has 0 saturated carbocycles. The van der Waals surface area contributed by atoms with Crippen molar-refractivity contribution in [2.24, 2.45) is 0 Å². The molecule has 3 rings (SSSR count). The lowest BCUT2D eigenvalue weighted by molar-refractivity contribution is -0.128. The van der Waals surface area contributed by atoms with E-state index in [2.05, 4.69) is 10.6 Å². The minimum atomic E-state index is -0.159. The molecule has 0 spiro atoms. The minimum absolute atomic E-state index is 0.0660. The third kappa shape index (κ3) is 6.57. The molecule has 3 amide bonds. The summed E-state index contributed by atoms with van der Waals surface area (Å²) in [7, 11) is 3.50. The average molecular weight is 423 g/mol. The van der Waals surface area contributed by atoms with Crippen LogP contribution in [0.25, 0.3) is 0 Å². The number of amides is 3. The molecule has 0 radical (unpaired) electrons. The highest BCUT2D eigenvalue weighted by Gasteiger charge is 2.19. The van der Waals surface area contributed by atoms with E-state index in [1.54, 1.807) is 31.1 Å². The maximum absolute atomic E-state index is 12.4. The van der Waals surface area contributed by atoms with Gasteiger partial charge in [-0.15, -0.1) is 0 Å². The van der Waals surface area contributed by atoms with Gasteiger partial charge in [0.25, 0.3) is 5.91 Å². The Morgan fingerprint density at radius 3 is 2.13 bits per heavy atom. The van der Waals surface area contributed by atoms with Crippen LogP contribution in [0.3, 0.4) is 0 Å². The second-order valence-electron chi connectivity index (χ2n) is 7.96. The number of hydrogen-bond donors (Lipinski definition) is 2. The molecule has 0 atom stereocenters. The van der Waals surface area contributed by atoms with Crippen LogP contribution < -0.4 is 10.6 Å². The van der Waals surface area contributed by atoms with E-state index in [1.807, 2.05) is 41.3 Å². The zero-order valence-electron chi connectivity index (χ0n) is 18.2. The fourth-order valence-corrected chi connectivity index (χ4v) is 3.45. The van der Waals surface area contributed by atoms with Crippen molar-refractivity contribution in [3.8, 4) is 0 Å². The summed E-state index contributed by atoms with van der Waals surface area (Å²) >= 11 is 0. The van der Waals surface area contributed by atoms with Crippen molar-refractivity contribution in [1.29, 1.82) is 0 Å². The Bertz CT molecular complexity index is 901. The smallest absolute Gasteiger partial charge is 0.253 e. The molecule has 7 heteroatoms. The molecule has 1 heterocycles. The SMILES string of the molecule is CN(C)C(=O)CCc1ccc(NC(=O)CNc2ccc(C(=O)N3CCCC3)cc2)cc1. The number of aryl methyl sites for hydroxylation is 1. The number of nitrogens with zero attached hydrogens (tertiary/aromatic N) is 2. The van der Waals surface area contributed by atoms with Crippen molar-refractivity contribution < 1.29 is 14.4 Å². The molecular weight excluding hydrogens is 392 g/mol. The second-order valence-corrected chi connectivity index (χ2v) is 7.96. The van der Waals surface area contributed by atoms with Gasteiger partial charge in [-0.05, 0) is 61.2 Å². The Balaban J connectivity index is 1.43. The van der Waals surface area contributed by atoms with Crippen LogP contribution in [-0.2, 0) is 16.0 Å². The van der Waals surface area contributed by atoms with E-state index in [-0.39, 0.29) is 24.3 Å². The zero-order chi connectivity index (χ0) is 22.2. The summed E-state index contributed by atoms with van der Waals surface area (Å²) < 4.78 is 0. The fourth-order valence-electron chi connectivity index (χ4n) is 3.45. The first-order chi connectivity index (χ1) is 14.9. The normalized spacial score (nSPS) is 13.0. The molecule has 7 nitrogen and oxygen atoms in total. The average Bonchev–Trinajstić information content (AvgIpc) is 3.32. The highest BCUT2D eigenvalue weighted by molar-refractivity contribution is 5.95. The predicted molar refractivity (Wildman–Crippen MR) is 122 cm³/mol. The van der Waals surface area contributed by atoms with Crippen molar-refractivity contribution in [3.05, 3.63) is 59.7 Å². The number of carbonyl (C=O) groups is 3. The van der Waals surface area contributed by atoms with Crippen molar-refractivity contribution in [3.63, 3.8) is 0 Å². The lowest BCUT2D eigenvalue weighted by Gasteiger charge is -2.15. The lowest BCUT2D eigenvalue weighted by Crippen LogP contribution is -2.27. The number of carbonyl (C=O) groups excluding carboxylic acids is 3. The number of hydrogen-bond acceptors (Lipinski definition) is 4. The van der Waals surface area contributed by atoms with Gasteiger partial charge in [0.2, 0.25) is 11.8 Å². The molecule has 0 unspecified atom stereocenters. The zero-order valence-corrected chi connectivity index (χ0v) is 18.2. The molecule has 164 valence electrons. The number of likely N-dealkylation sites (tertiary alicyclic amines) is 1. The van der Waals surface area contributed by atoms with E-state index >= 15 is 0 Å². The van der Waals surface area contributed by atoms with Gasteiger partial charge in [0.05, 0.1) is 6.54 Å². The van der Waals surface area contributed by atoms with Gasteiger partial charge in [-0.1, -0.05) is 12.1 Å². The summed E-state index contributed by atoms with van der Waals surface area (Å²) in [5.41, 5.74) is 3.22. The molecule has 1 aliphatic heterocycles. The third-order valence-electron chi connectivity index (χ3n) is 5.34. The van der Waals surface area contributed by atoms with Gasteiger partial charge in [-0.25, -0.2) is 0 Å². The van der Waals surface area contributed by atoms with Gasteiger partial charge in [-0.3, -0.25) is 14.4 Å². The summed E-state index contributed by atoms with van der Waals surface area (Å²) in [5.74, 6) is 0.000901. The molecule has 0 aromatic heterocycles. The van der Waals surface area contributed by atoms with Crippen LogP contribution >= 0.6 is 0 Å². The number of anilines is 2. The first-order valence-corrected chi connectivity index (χ1v) is 10.6. The van der Waals surface area contributed by atoms with Gasteiger partial charge >= 0.3 is 0 Å². The molecule has 1 aliphatic rings. The first kappa shape index (κ1) is 22.3. The quantitative estimate of drug-likeness (QED) is 0.685. The van der Waals surface area contributed by atoms with Gasteiger partial charge in [0.15, 0.2) is 0 Å². The molecule has 0 bridgehead atoms. The van der Waals surface area contributed by atoms with Crippen molar-refractivity contribution in [1.82, 2.24) is 9.80 Å². The molecule has 2 N–H and O–H groups in total. The summed E-state index contributed by atoms with van der Waals surface area (Å²) in [6, 6.07) is 14.7. The van der Waals surface area contributed by atoms with Gasteiger partial charge in [0, 0.05) is 50.5 Å². The van der Waals surface area contributed by atoms with E-state index in [0.717, 1.165) is 37.2 Å². The Morgan fingerprint density at radius 2 is 1.52 bits per heavy atom. The Labute approximate surface area is 183 Å². The van der Waals surface area contributed by atoms with E-state index in [4.69, 9.17) is 0 Å².